The SMILES string of the molecule is Cc1nn(C)cc1C(O)c1scnc1Br. The van der Waals surface area contributed by atoms with Gasteiger partial charge in [-0.1, -0.05) is 0 Å². The van der Waals surface area contributed by atoms with Gasteiger partial charge < -0.3 is 5.11 Å². The number of thiazole rings is 1. The van der Waals surface area contributed by atoms with Crippen LogP contribution in [-0.4, -0.2) is 19.9 Å². The van der Waals surface area contributed by atoms with Gasteiger partial charge in [0.15, 0.2) is 0 Å². The smallest absolute Gasteiger partial charge is 0.123 e. The van der Waals surface area contributed by atoms with E-state index in [1.165, 1.54) is 11.3 Å². The lowest BCUT2D eigenvalue weighted by Gasteiger charge is -2.06. The molecule has 0 fully saturated rings. The minimum Gasteiger partial charge on any atom is -0.383 e. The summed E-state index contributed by atoms with van der Waals surface area (Å²) in [6, 6.07) is 0. The molecule has 0 saturated carbocycles. The largest absolute Gasteiger partial charge is 0.383 e. The summed E-state index contributed by atoms with van der Waals surface area (Å²) in [5, 5.41) is 14.3. The van der Waals surface area contributed by atoms with Crippen LogP contribution in [-0.2, 0) is 7.05 Å². The van der Waals surface area contributed by atoms with Crippen molar-refractivity contribution in [3.63, 3.8) is 0 Å². The number of halogens is 1. The van der Waals surface area contributed by atoms with Gasteiger partial charge in [0.05, 0.1) is 16.1 Å². The molecule has 15 heavy (non-hydrogen) atoms. The summed E-state index contributed by atoms with van der Waals surface area (Å²) in [6.07, 6.45) is 1.17. The standard InChI is InChI=1S/C9H10BrN3OS/c1-5-6(3-13(2)12-5)7(14)8-9(10)11-4-15-8/h3-4,7,14H,1-2H3. The minimum absolute atomic E-state index is 0.652. The first-order chi connectivity index (χ1) is 7.09. The molecule has 0 saturated heterocycles. The molecule has 2 aromatic rings. The van der Waals surface area contributed by atoms with E-state index in [0.29, 0.717) is 4.60 Å². The van der Waals surface area contributed by atoms with Crippen molar-refractivity contribution in [2.75, 3.05) is 0 Å². The minimum atomic E-state index is -0.652. The van der Waals surface area contributed by atoms with E-state index in [-0.39, 0.29) is 0 Å². The number of hydrogen-bond donors (Lipinski definition) is 1. The van der Waals surface area contributed by atoms with Gasteiger partial charge in [-0.25, -0.2) is 4.98 Å². The Labute approximate surface area is 99.7 Å². The van der Waals surface area contributed by atoms with Gasteiger partial charge in [0.2, 0.25) is 0 Å². The fourth-order valence-electron chi connectivity index (χ4n) is 1.45. The molecule has 0 aliphatic heterocycles. The van der Waals surface area contributed by atoms with Gasteiger partial charge in [-0.2, -0.15) is 5.10 Å². The van der Waals surface area contributed by atoms with Gasteiger partial charge in [-0.3, -0.25) is 4.68 Å². The van der Waals surface area contributed by atoms with E-state index in [1.54, 1.807) is 10.2 Å². The first-order valence-corrected chi connectivity index (χ1v) is 6.04. The molecule has 1 N–H and O–H groups in total. The van der Waals surface area contributed by atoms with E-state index in [9.17, 15) is 5.11 Å². The Morgan fingerprint density at radius 2 is 2.33 bits per heavy atom. The maximum atomic E-state index is 10.1. The van der Waals surface area contributed by atoms with E-state index >= 15 is 0 Å². The summed E-state index contributed by atoms with van der Waals surface area (Å²) < 4.78 is 2.39. The molecule has 1 unspecified atom stereocenters. The van der Waals surface area contributed by atoms with E-state index < -0.39 is 6.10 Å². The number of nitrogens with zero attached hydrogens (tertiary/aromatic N) is 3. The predicted octanol–water partition coefficient (Wildman–Crippen LogP) is 2.03. The third kappa shape index (κ3) is 1.97. The number of aromatic nitrogens is 3. The molecule has 0 aromatic carbocycles. The number of rotatable bonds is 2. The van der Waals surface area contributed by atoms with Crippen LogP contribution in [0.15, 0.2) is 16.3 Å². The zero-order valence-electron chi connectivity index (χ0n) is 8.31. The molecule has 0 aliphatic rings. The average Bonchev–Trinajstić information content (AvgIpc) is 2.71. The van der Waals surface area contributed by atoms with Crippen molar-refractivity contribution in [1.82, 2.24) is 14.8 Å². The molecule has 0 radical (unpaired) electrons. The molecule has 0 spiro atoms. The highest BCUT2D eigenvalue weighted by Gasteiger charge is 2.19. The maximum Gasteiger partial charge on any atom is 0.123 e. The number of aliphatic hydroxyl groups excluding tert-OH is 1. The summed E-state index contributed by atoms with van der Waals surface area (Å²) in [5.41, 5.74) is 3.36. The Morgan fingerprint density at radius 1 is 1.60 bits per heavy atom. The van der Waals surface area contributed by atoms with Gasteiger partial charge in [0.25, 0.3) is 0 Å². The third-order valence-electron chi connectivity index (χ3n) is 2.14. The number of hydrogen-bond acceptors (Lipinski definition) is 4. The fraction of sp³-hybridized carbons (Fsp3) is 0.333. The van der Waals surface area contributed by atoms with Gasteiger partial charge in [0.1, 0.15) is 10.7 Å². The average molecular weight is 288 g/mol. The molecular weight excluding hydrogens is 278 g/mol. The van der Waals surface area contributed by atoms with Crippen LogP contribution in [0, 0.1) is 6.92 Å². The van der Waals surface area contributed by atoms with Crippen LogP contribution >= 0.6 is 27.3 Å². The zero-order chi connectivity index (χ0) is 11.0. The molecule has 0 aliphatic carbocycles. The fourth-order valence-corrected chi connectivity index (χ4v) is 2.86. The molecule has 0 amide bonds. The lowest BCUT2D eigenvalue weighted by molar-refractivity contribution is 0.222. The normalized spacial score (nSPS) is 13.1. The van der Waals surface area contributed by atoms with Crippen molar-refractivity contribution in [3.05, 3.63) is 32.4 Å². The molecule has 2 aromatic heterocycles. The zero-order valence-corrected chi connectivity index (χ0v) is 10.7. The molecule has 6 heteroatoms. The van der Waals surface area contributed by atoms with Crippen molar-refractivity contribution >= 4 is 27.3 Å². The van der Waals surface area contributed by atoms with Crippen LogP contribution in [0.2, 0.25) is 0 Å². The van der Waals surface area contributed by atoms with Crippen LogP contribution in [0.1, 0.15) is 22.2 Å². The highest BCUT2D eigenvalue weighted by Crippen LogP contribution is 2.32. The first kappa shape index (κ1) is 10.8. The van der Waals surface area contributed by atoms with Crippen LogP contribution in [0.4, 0.5) is 0 Å². The molecular formula is C9H10BrN3OS. The Hall–Kier alpha value is -0.720. The predicted molar refractivity (Wildman–Crippen MR) is 61.8 cm³/mol. The summed E-state index contributed by atoms with van der Waals surface area (Å²) in [4.78, 5) is 4.86. The highest BCUT2D eigenvalue weighted by atomic mass is 79.9. The van der Waals surface area contributed by atoms with Crippen molar-refractivity contribution in [3.8, 4) is 0 Å². The van der Waals surface area contributed by atoms with Crippen molar-refractivity contribution in [2.24, 2.45) is 7.05 Å². The summed E-state index contributed by atoms with van der Waals surface area (Å²) in [6.45, 7) is 1.88. The topological polar surface area (TPSA) is 50.9 Å². The Balaban J connectivity index is 2.40. The van der Waals surface area contributed by atoms with Gasteiger partial charge >= 0.3 is 0 Å². The van der Waals surface area contributed by atoms with E-state index in [4.69, 9.17) is 0 Å². The molecule has 1 atom stereocenters. The van der Waals surface area contributed by atoms with Crippen LogP contribution in [0.3, 0.4) is 0 Å². The first-order valence-electron chi connectivity index (χ1n) is 4.36. The lowest BCUT2D eigenvalue weighted by atomic mass is 10.1. The van der Waals surface area contributed by atoms with Gasteiger partial charge in [0, 0.05) is 18.8 Å². The Bertz CT molecular complexity index is 479. The third-order valence-corrected chi connectivity index (χ3v) is 3.92. The highest BCUT2D eigenvalue weighted by molar-refractivity contribution is 9.10. The Kier molecular flexibility index (Phi) is 2.90. The summed E-state index contributed by atoms with van der Waals surface area (Å²) in [7, 11) is 1.84. The summed E-state index contributed by atoms with van der Waals surface area (Å²) >= 11 is 4.73. The molecule has 4 nitrogen and oxygen atoms in total. The molecule has 80 valence electrons. The van der Waals surface area contributed by atoms with Crippen molar-refractivity contribution < 1.29 is 5.11 Å². The summed E-state index contributed by atoms with van der Waals surface area (Å²) in [5.74, 6) is 0. The number of aliphatic hydroxyl groups is 1. The lowest BCUT2D eigenvalue weighted by Crippen LogP contribution is -1.98. The van der Waals surface area contributed by atoms with E-state index in [2.05, 4.69) is 26.0 Å². The number of aryl methyl sites for hydroxylation is 2. The van der Waals surface area contributed by atoms with Crippen molar-refractivity contribution in [2.45, 2.75) is 13.0 Å². The van der Waals surface area contributed by atoms with Crippen LogP contribution < -0.4 is 0 Å². The van der Waals surface area contributed by atoms with E-state index in [0.717, 1.165) is 16.1 Å². The second-order valence-electron chi connectivity index (χ2n) is 3.25. The van der Waals surface area contributed by atoms with Crippen molar-refractivity contribution in [1.29, 1.82) is 0 Å². The second-order valence-corrected chi connectivity index (χ2v) is 4.89. The Morgan fingerprint density at radius 3 is 2.80 bits per heavy atom. The van der Waals surface area contributed by atoms with Crippen LogP contribution in [0.5, 0.6) is 0 Å². The molecule has 0 bridgehead atoms. The molecule has 2 rings (SSSR count). The maximum absolute atomic E-state index is 10.1. The van der Waals surface area contributed by atoms with E-state index in [1.807, 2.05) is 20.2 Å². The van der Waals surface area contributed by atoms with Gasteiger partial charge in [-0.05, 0) is 22.9 Å². The second kappa shape index (κ2) is 4.03. The molecule has 2 heterocycles. The monoisotopic (exact) mass is 287 g/mol. The quantitative estimate of drug-likeness (QED) is 0.920. The van der Waals surface area contributed by atoms with Crippen LogP contribution in [0.25, 0.3) is 0 Å². The van der Waals surface area contributed by atoms with Gasteiger partial charge in [-0.15, -0.1) is 11.3 Å².